The van der Waals surface area contributed by atoms with Gasteiger partial charge in [-0.1, -0.05) is 36.4 Å². The van der Waals surface area contributed by atoms with Crippen LogP contribution in [0.2, 0.25) is 0 Å². The predicted molar refractivity (Wildman–Crippen MR) is 81.7 cm³/mol. The zero-order chi connectivity index (χ0) is 14.5. The molecule has 1 aromatic heterocycles. The first-order valence-corrected chi connectivity index (χ1v) is 7.61. The van der Waals surface area contributed by atoms with Crippen LogP contribution in [0.3, 0.4) is 0 Å². The van der Waals surface area contributed by atoms with Crippen molar-refractivity contribution >= 4 is 0 Å². The van der Waals surface area contributed by atoms with Gasteiger partial charge in [-0.25, -0.2) is 0 Å². The van der Waals surface area contributed by atoms with Gasteiger partial charge in [-0.05, 0) is 56.6 Å². The summed E-state index contributed by atoms with van der Waals surface area (Å²) >= 11 is 0. The molecule has 0 aliphatic heterocycles. The number of aromatic nitrogens is 4. The molecule has 0 atom stereocenters. The van der Waals surface area contributed by atoms with Gasteiger partial charge < -0.3 is 0 Å². The molecule has 0 saturated heterocycles. The molecule has 0 amide bonds. The molecular weight excluding hydrogens is 272 g/mol. The Kier molecular flexibility index (Phi) is 2.41. The van der Waals surface area contributed by atoms with Crippen molar-refractivity contribution < 1.29 is 0 Å². The summed E-state index contributed by atoms with van der Waals surface area (Å²) in [5.74, 6) is 0. The molecule has 0 unspecified atom stereocenters. The topological polar surface area (TPSA) is 51.6 Å². The quantitative estimate of drug-likeness (QED) is 0.438. The van der Waals surface area contributed by atoms with Crippen LogP contribution in [0.4, 0.5) is 0 Å². The van der Waals surface area contributed by atoms with E-state index in [0.717, 1.165) is 37.1 Å². The molecule has 5 rings (SSSR count). The van der Waals surface area contributed by atoms with Gasteiger partial charge in [-0.15, -0.1) is 10.2 Å². The Morgan fingerprint density at radius 1 is 0.545 bits per heavy atom. The third-order valence-corrected chi connectivity index (χ3v) is 4.82. The second kappa shape index (κ2) is 4.44. The van der Waals surface area contributed by atoms with E-state index in [-0.39, 0.29) is 0 Å². The second-order valence-electron chi connectivity index (χ2n) is 6.14. The molecule has 0 bridgehead atoms. The van der Waals surface area contributed by atoms with E-state index in [4.69, 9.17) is 0 Å². The number of hydrogen-bond acceptors (Lipinski definition) is 4. The van der Waals surface area contributed by atoms with Crippen molar-refractivity contribution in [3.8, 4) is 0 Å². The second-order valence-corrected chi connectivity index (χ2v) is 6.14. The van der Waals surface area contributed by atoms with Crippen molar-refractivity contribution in [3.63, 3.8) is 0 Å². The van der Waals surface area contributed by atoms with Crippen molar-refractivity contribution in [1.29, 1.82) is 0 Å². The zero-order valence-electron chi connectivity index (χ0n) is 12.1. The van der Waals surface area contributed by atoms with E-state index in [1.807, 2.05) is 0 Å². The molecular formula is C18H14N4. The Hall–Kier alpha value is -2.62. The summed E-state index contributed by atoms with van der Waals surface area (Å²) in [5.41, 5.74) is 10.5. The maximum absolute atomic E-state index is 4.14. The molecule has 22 heavy (non-hydrogen) atoms. The number of benzene rings is 2. The van der Waals surface area contributed by atoms with Crippen molar-refractivity contribution in [1.82, 2.24) is 20.6 Å². The standard InChI is InChI=1S/C18H14N4/c1-2-4-12-6-14-8-16-10-18-17(19-21-22-20-18)9-15(16)7-13(14)5-11(12)3-1/h1-4,7-8H,5-6,9-10H2. The highest BCUT2D eigenvalue weighted by molar-refractivity contribution is 5.51. The maximum atomic E-state index is 4.14. The average Bonchev–Trinajstić information content (AvgIpc) is 2.56. The number of fused-ring (bicyclic) bond motifs is 4. The molecule has 2 aliphatic carbocycles. The van der Waals surface area contributed by atoms with Gasteiger partial charge in [0.2, 0.25) is 0 Å². The summed E-state index contributed by atoms with van der Waals surface area (Å²) in [6.45, 7) is 0. The van der Waals surface area contributed by atoms with Crippen molar-refractivity contribution in [3.05, 3.63) is 81.2 Å². The maximum Gasteiger partial charge on any atom is 0.0930 e. The van der Waals surface area contributed by atoms with E-state index < -0.39 is 0 Å². The molecule has 2 aromatic carbocycles. The molecule has 4 nitrogen and oxygen atoms in total. The number of rotatable bonds is 0. The summed E-state index contributed by atoms with van der Waals surface area (Å²) in [6.07, 6.45) is 3.71. The minimum atomic E-state index is 0.822. The van der Waals surface area contributed by atoms with Crippen LogP contribution in [0.15, 0.2) is 36.4 Å². The van der Waals surface area contributed by atoms with Crippen LogP contribution in [-0.4, -0.2) is 20.6 Å². The van der Waals surface area contributed by atoms with E-state index in [0.29, 0.717) is 0 Å². The summed E-state index contributed by atoms with van der Waals surface area (Å²) in [7, 11) is 0. The first-order valence-electron chi connectivity index (χ1n) is 7.61. The molecule has 0 saturated carbocycles. The van der Waals surface area contributed by atoms with Gasteiger partial charge >= 0.3 is 0 Å². The van der Waals surface area contributed by atoms with Crippen molar-refractivity contribution in [2.45, 2.75) is 25.7 Å². The molecule has 1 heterocycles. The van der Waals surface area contributed by atoms with E-state index in [1.54, 1.807) is 0 Å². The lowest BCUT2D eigenvalue weighted by molar-refractivity contribution is 0.687. The predicted octanol–water partition coefficient (Wildman–Crippen LogP) is 2.26. The van der Waals surface area contributed by atoms with E-state index in [9.17, 15) is 0 Å². The highest BCUT2D eigenvalue weighted by Gasteiger charge is 2.22. The Bertz CT molecular complexity index is 758. The largest absolute Gasteiger partial charge is 0.131 e. The summed E-state index contributed by atoms with van der Waals surface area (Å²) < 4.78 is 0. The molecule has 4 heteroatoms. The molecule has 0 fully saturated rings. The van der Waals surface area contributed by atoms with Crippen molar-refractivity contribution in [2.24, 2.45) is 0 Å². The number of nitrogens with zero attached hydrogens (tertiary/aromatic N) is 4. The van der Waals surface area contributed by atoms with E-state index >= 15 is 0 Å². The fourth-order valence-corrected chi connectivity index (χ4v) is 3.66. The van der Waals surface area contributed by atoms with Crippen LogP contribution in [0.5, 0.6) is 0 Å². The fraction of sp³-hybridized carbons (Fsp3) is 0.222. The van der Waals surface area contributed by atoms with E-state index in [2.05, 4.69) is 57.0 Å². The fourth-order valence-electron chi connectivity index (χ4n) is 3.66. The van der Waals surface area contributed by atoms with Crippen LogP contribution in [0.1, 0.15) is 44.8 Å². The molecule has 0 N–H and O–H groups in total. The van der Waals surface area contributed by atoms with Crippen LogP contribution >= 0.6 is 0 Å². The first-order chi connectivity index (χ1) is 10.9. The van der Waals surface area contributed by atoms with Gasteiger partial charge in [0.25, 0.3) is 0 Å². The first kappa shape index (κ1) is 12.0. The minimum absolute atomic E-state index is 0.822. The van der Waals surface area contributed by atoms with Gasteiger partial charge in [0.1, 0.15) is 0 Å². The van der Waals surface area contributed by atoms with Gasteiger partial charge in [0.15, 0.2) is 0 Å². The van der Waals surface area contributed by atoms with E-state index in [1.165, 1.54) is 33.4 Å². The molecule has 0 radical (unpaired) electrons. The molecule has 3 aromatic rings. The minimum Gasteiger partial charge on any atom is -0.131 e. The summed E-state index contributed by atoms with van der Waals surface area (Å²) in [4.78, 5) is 0. The van der Waals surface area contributed by atoms with Gasteiger partial charge in [-0.2, -0.15) is 0 Å². The third kappa shape index (κ3) is 1.77. The van der Waals surface area contributed by atoms with Crippen LogP contribution in [-0.2, 0) is 25.7 Å². The molecule has 2 aliphatic rings. The van der Waals surface area contributed by atoms with Gasteiger partial charge in [-0.3, -0.25) is 0 Å². The zero-order valence-corrected chi connectivity index (χ0v) is 12.1. The monoisotopic (exact) mass is 286 g/mol. The van der Waals surface area contributed by atoms with Crippen LogP contribution < -0.4 is 0 Å². The van der Waals surface area contributed by atoms with Crippen LogP contribution in [0, 0.1) is 0 Å². The Labute approximate surface area is 128 Å². The average molecular weight is 286 g/mol. The lowest BCUT2D eigenvalue weighted by Crippen LogP contribution is -2.16. The molecule has 106 valence electrons. The highest BCUT2D eigenvalue weighted by Crippen LogP contribution is 2.32. The highest BCUT2D eigenvalue weighted by atomic mass is 15.4. The third-order valence-electron chi connectivity index (χ3n) is 4.82. The number of hydrogen-bond donors (Lipinski definition) is 0. The summed E-state index contributed by atoms with van der Waals surface area (Å²) in [6, 6.07) is 13.5. The molecule has 0 spiro atoms. The Morgan fingerprint density at radius 3 is 1.50 bits per heavy atom. The Morgan fingerprint density at radius 2 is 1.00 bits per heavy atom. The SMILES string of the molecule is c1ccc2c(c1)Cc1cc3c(cc1C2)Cc1nnnnc1C3. The van der Waals surface area contributed by atoms with Crippen LogP contribution in [0.25, 0.3) is 0 Å². The lowest BCUT2D eigenvalue weighted by atomic mass is 9.81. The van der Waals surface area contributed by atoms with Gasteiger partial charge in [0, 0.05) is 12.8 Å². The smallest absolute Gasteiger partial charge is 0.0930 e. The lowest BCUT2D eigenvalue weighted by Gasteiger charge is -2.24. The normalized spacial score (nSPS) is 14.5. The summed E-state index contributed by atoms with van der Waals surface area (Å²) in [5, 5.41) is 15.6. The Balaban J connectivity index is 1.60. The van der Waals surface area contributed by atoms with Crippen molar-refractivity contribution in [2.75, 3.05) is 0 Å². The van der Waals surface area contributed by atoms with Gasteiger partial charge in [0.05, 0.1) is 11.4 Å².